The molecule has 46 heavy (non-hydrogen) atoms. The van der Waals surface area contributed by atoms with E-state index < -0.39 is 5.60 Å². The third-order valence-corrected chi connectivity index (χ3v) is 11.5. The summed E-state index contributed by atoms with van der Waals surface area (Å²) in [4.78, 5) is 2.14. The molecule has 1 heterocycles. The molecule has 2 bridgehead atoms. The molecule has 9 rings (SSSR count). The Balaban J connectivity index is 1.36. The molecule has 5 aromatic rings. The Bertz CT molecular complexity index is 2050. The van der Waals surface area contributed by atoms with Gasteiger partial charge in [0.15, 0.2) is 5.60 Å². The maximum atomic E-state index is 7.58. The molecule has 0 saturated heterocycles. The van der Waals surface area contributed by atoms with Crippen LogP contribution in [0, 0.1) is 11.8 Å². The number of anilines is 1. The van der Waals surface area contributed by atoms with Crippen LogP contribution in [0.25, 0.3) is 28.0 Å². The predicted octanol–water partition coefficient (Wildman–Crippen LogP) is 9.36. The second-order valence-corrected chi connectivity index (χ2v) is 13.8. The van der Waals surface area contributed by atoms with Crippen LogP contribution < -0.4 is 19.1 Å². The van der Waals surface area contributed by atoms with E-state index in [9.17, 15) is 0 Å². The first-order valence-electron chi connectivity index (χ1n) is 16.6. The molecule has 0 radical (unpaired) electrons. The van der Waals surface area contributed by atoms with E-state index in [1.807, 2.05) is 0 Å². The number of methoxy groups -OCH3 is 2. The van der Waals surface area contributed by atoms with Gasteiger partial charge in [0, 0.05) is 47.3 Å². The van der Waals surface area contributed by atoms with E-state index in [2.05, 4.69) is 122 Å². The van der Waals surface area contributed by atoms with Crippen molar-refractivity contribution < 1.29 is 14.2 Å². The second kappa shape index (κ2) is 9.90. The average molecular weight is 606 g/mol. The molecule has 0 amide bonds. The molecule has 4 atom stereocenters. The molecule has 3 aliphatic carbocycles. The topological polar surface area (TPSA) is 30.9 Å². The van der Waals surface area contributed by atoms with E-state index in [0.29, 0.717) is 5.92 Å². The van der Waals surface area contributed by atoms with Crippen LogP contribution in [0.4, 0.5) is 5.69 Å². The van der Waals surface area contributed by atoms with E-state index in [-0.39, 0.29) is 5.41 Å². The van der Waals surface area contributed by atoms with Crippen LogP contribution in [0.3, 0.4) is 0 Å². The van der Waals surface area contributed by atoms with Crippen molar-refractivity contribution in [2.24, 2.45) is 11.8 Å². The van der Waals surface area contributed by atoms with Gasteiger partial charge in [-0.05, 0) is 107 Å². The fourth-order valence-corrected chi connectivity index (χ4v) is 9.50. The van der Waals surface area contributed by atoms with Crippen LogP contribution in [0.1, 0.15) is 53.5 Å². The summed E-state index contributed by atoms with van der Waals surface area (Å²) < 4.78 is 19.2. The van der Waals surface area contributed by atoms with Gasteiger partial charge in [-0.2, -0.15) is 0 Å². The van der Waals surface area contributed by atoms with Gasteiger partial charge in [0.25, 0.3) is 0 Å². The molecule has 0 aromatic heterocycles. The standard InChI is InChI=1S/C42H39NO3/c1-43(2)30-14-12-28(13-15-30)42(27-8-6-5-7-9-27)21-20-35-39-38(33-18-16-31(44-3)23-36(33)40(35)46-42)34-19-17-32(45-4)24-37(34)41(39)25-26-10-11-29(41)22-26/h5-9,12-21,23-24,26,29H,10-11,22,25H2,1-4H3. The van der Waals surface area contributed by atoms with E-state index in [1.54, 1.807) is 14.2 Å². The van der Waals surface area contributed by atoms with Gasteiger partial charge in [0.2, 0.25) is 0 Å². The number of hydrogen-bond donors (Lipinski definition) is 0. The zero-order valence-electron chi connectivity index (χ0n) is 27.0. The van der Waals surface area contributed by atoms with Crippen molar-refractivity contribution in [1.29, 1.82) is 0 Å². The second-order valence-electron chi connectivity index (χ2n) is 13.8. The summed E-state index contributed by atoms with van der Waals surface area (Å²) in [7, 11) is 7.68. The average Bonchev–Trinajstić information content (AvgIpc) is 3.80. The molecular formula is C42H39NO3. The van der Waals surface area contributed by atoms with Gasteiger partial charge >= 0.3 is 0 Å². The maximum absolute atomic E-state index is 7.58. The Morgan fingerprint density at radius 3 is 2.22 bits per heavy atom. The first kappa shape index (κ1) is 27.6. The molecule has 0 N–H and O–H groups in total. The van der Waals surface area contributed by atoms with Crippen LogP contribution in [-0.2, 0) is 11.0 Å². The van der Waals surface area contributed by atoms with E-state index in [4.69, 9.17) is 14.2 Å². The fourth-order valence-electron chi connectivity index (χ4n) is 9.50. The third kappa shape index (κ3) is 3.61. The normalized spacial score (nSPS) is 24.9. The van der Waals surface area contributed by atoms with Crippen LogP contribution >= 0.6 is 0 Å². The number of ether oxygens (including phenoxy) is 3. The Hall–Kier alpha value is -4.70. The van der Waals surface area contributed by atoms with Crippen molar-refractivity contribution in [2.75, 3.05) is 33.2 Å². The molecule has 1 aliphatic heterocycles. The van der Waals surface area contributed by atoms with E-state index >= 15 is 0 Å². The van der Waals surface area contributed by atoms with Crippen LogP contribution in [-0.4, -0.2) is 28.3 Å². The highest BCUT2D eigenvalue weighted by atomic mass is 16.5. The van der Waals surface area contributed by atoms with Crippen molar-refractivity contribution in [3.63, 3.8) is 0 Å². The maximum Gasteiger partial charge on any atom is 0.178 e. The minimum absolute atomic E-state index is 0.0475. The smallest absolute Gasteiger partial charge is 0.178 e. The Morgan fingerprint density at radius 2 is 1.52 bits per heavy atom. The molecule has 4 heteroatoms. The number of benzene rings is 5. The zero-order chi connectivity index (χ0) is 31.2. The molecule has 4 unspecified atom stereocenters. The SMILES string of the molecule is COc1ccc2c(c1)C1(CC3CCC1C3)c1c3c(c4cc(OC)ccc4c1-2)OC(c1ccccc1)(c1ccc(N(C)C)cc1)C=C3. The lowest BCUT2D eigenvalue weighted by Gasteiger charge is -2.41. The van der Waals surface area contributed by atoms with Gasteiger partial charge in [-0.15, -0.1) is 0 Å². The highest BCUT2D eigenvalue weighted by Gasteiger charge is 2.58. The van der Waals surface area contributed by atoms with Crippen molar-refractivity contribution in [1.82, 2.24) is 0 Å². The van der Waals surface area contributed by atoms with Gasteiger partial charge in [-0.1, -0.05) is 61.0 Å². The molecule has 1 spiro atoms. The minimum Gasteiger partial charge on any atom is -0.497 e. The van der Waals surface area contributed by atoms with Crippen LogP contribution in [0.2, 0.25) is 0 Å². The van der Waals surface area contributed by atoms with Crippen molar-refractivity contribution in [3.05, 3.63) is 125 Å². The van der Waals surface area contributed by atoms with Crippen molar-refractivity contribution >= 4 is 22.5 Å². The molecule has 4 nitrogen and oxygen atoms in total. The molecule has 2 fully saturated rings. The number of hydrogen-bond acceptors (Lipinski definition) is 4. The first-order valence-corrected chi connectivity index (χ1v) is 16.6. The number of nitrogens with zero attached hydrogens (tertiary/aromatic N) is 1. The lowest BCUT2D eigenvalue weighted by molar-refractivity contribution is 0.163. The fraction of sp³-hybridized carbons (Fsp3) is 0.286. The first-order chi connectivity index (χ1) is 22.5. The summed E-state index contributed by atoms with van der Waals surface area (Å²) in [6.45, 7) is 0. The predicted molar refractivity (Wildman–Crippen MR) is 186 cm³/mol. The molecule has 2 saturated carbocycles. The summed E-state index contributed by atoms with van der Waals surface area (Å²) in [5, 5.41) is 2.31. The molecule has 4 aliphatic rings. The highest BCUT2D eigenvalue weighted by Crippen LogP contribution is 2.69. The molecule has 5 aromatic carbocycles. The van der Waals surface area contributed by atoms with Gasteiger partial charge < -0.3 is 19.1 Å². The van der Waals surface area contributed by atoms with E-state index in [1.165, 1.54) is 58.9 Å². The van der Waals surface area contributed by atoms with Gasteiger partial charge in [-0.25, -0.2) is 0 Å². The summed E-state index contributed by atoms with van der Waals surface area (Å²) in [5.74, 6) is 4.07. The van der Waals surface area contributed by atoms with Crippen LogP contribution in [0.15, 0.2) is 97.1 Å². The highest BCUT2D eigenvalue weighted by molar-refractivity contribution is 6.09. The lowest BCUT2D eigenvalue weighted by atomic mass is 9.65. The largest absolute Gasteiger partial charge is 0.497 e. The summed E-state index contributed by atoms with van der Waals surface area (Å²) in [6.07, 6.45) is 9.78. The zero-order valence-corrected chi connectivity index (χ0v) is 27.0. The Kier molecular flexibility index (Phi) is 5.94. The van der Waals surface area contributed by atoms with Crippen LogP contribution in [0.5, 0.6) is 17.2 Å². The number of fused-ring (bicyclic) bond motifs is 13. The third-order valence-electron chi connectivity index (χ3n) is 11.5. The lowest BCUT2D eigenvalue weighted by Crippen LogP contribution is -2.36. The van der Waals surface area contributed by atoms with Gasteiger partial charge in [0.05, 0.1) is 14.2 Å². The minimum atomic E-state index is -0.792. The van der Waals surface area contributed by atoms with Gasteiger partial charge in [-0.3, -0.25) is 0 Å². The molecule has 230 valence electrons. The van der Waals surface area contributed by atoms with Gasteiger partial charge in [0.1, 0.15) is 17.2 Å². The number of rotatable bonds is 5. The van der Waals surface area contributed by atoms with E-state index in [0.717, 1.165) is 45.4 Å². The summed E-state index contributed by atoms with van der Waals surface area (Å²) in [5.41, 5.74) is 9.34. The Labute approximate surface area is 271 Å². The summed E-state index contributed by atoms with van der Waals surface area (Å²) in [6, 6.07) is 32.8. The monoisotopic (exact) mass is 605 g/mol. The Morgan fingerprint density at radius 1 is 0.783 bits per heavy atom. The van der Waals surface area contributed by atoms with Crippen molar-refractivity contribution in [3.8, 4) is 28.4 Å². The van der Waals surface area contributed by atoms with Crippen molar-refractivity contribution in [2.45, 2.75) is 36.7 Å². The summed E-state index contributed by atoms with van der Waals surface area (Å²) >= 11 is 0. The quantitative estimate of drug-likeness (QED) is 0.200. The molecular weight excluding hydrogens is 566 g/mol.